The molecule has 0 bridgehead atoms. The summed E-state index contributed by atoms with van der Waals surface area (Å²) in [6, 6.07) is 15.5. The van der Waals surface area contributed by atoms with Crippen molar-refractivity contribution in [3.05, 3.63) is 95.3 Å². The van der Waals surface area contributed by atoms with Crippen LogP contribution in [0.5, 0.6) is 17.2 Å². The first-order valence-corrected chi connectivity index (χ1v) is 11.7. The second-order valence-corrected chi connectivity index (χ2v) is 8.76. The van der Waals surface area contributed by atoms with Gasteiger partial charge in [-0.05, 0) is 60.7 Å². The molecule has 0 radical (unpaired) electrons. The van der Waals surface area contributed by atoms with Crippen LogP contribution in [0, 0.1) is 0 Å². The van der Waals surface area contributed by atoms with Gasteiger partial charge in [0, 0.05) is 24.4 Å². The van der Waals surface area contributed by atoms with E-state index in [-0.39, 0.29) is 52.1 Å². The summed E-state index contributed by atoms with van der Waals surface area (Å²) in [6.45, 7) is -0.366. The van der Waals surface area contributed by atoms with Crippen LogP contribution in [0.2, 0.25) is 0 Å². The van der Waals surface area contributed by atoms with E-state index in [1.807, 2.05) is 0 Å². The first-order valence-electron chi connectivity index (χ1n) is 11.7. The molecule has 1 N–H and O–H groups in total. The number of hydrogen-bond acceptors (Lipinski definition) is 6. The first kappa shape index (κ1) is 27.4. The van der Waals surface area contributed by atoms with Gasteiger partial charge in [-0.2, -0.15) is 18.3 Å². The highest BCUT2D eigenvalue weighted by Crippen LogP contribution is 2.43. The van der Waals surface area contributed by atoms with Crippen molar-refractivity contribution in [2.24, 2.45) is 0 Å². The molecular formula is C27H18F5N3O6. The normalized spacial score (nSPS) is 13.6. The zero-order valence-corrected chi connectivity index (χ0v) is 20.9. The number of aromatic nitrogens is 2. The minimum absolute atomic E-state index is 0.00529. The maximum Gasteiger partial charge on any atom is 0.586 e. The van der Waals surface area contributed by atoms with Crippen LogP contribution >= 0.6 is 0 Å². The molecule has 3 aromatic carbocycles. The van der Waals surface area contributed by atoms with Crippen molar-refractivity contribution < 1.29 is 50.9 Å². The molecule has 1 amide bonds. The van der Waals surface area contributed by atoms with Crippen molar-refractivity contribution >= 4 is 17.6 Å². The Kier molecular flexibility index (Phi) is 6.77. The summed E-state index contributed by atoms with van der Waals surface area (Å²) in [6.07, 6.45) is -8.60. The molecule has 0 aliphatic carbocycles. The van der Waals surface area contributed by atoms with Gasteiger partial charge in [0.15, 0.2) is 17.2 Å². The fourth-order valence-corrected chi connectivity index (χ4v) is 3.96. The Labute approximate surface area is 227 Å². The highest BCUT2D eigenvalue weighted by Gasteiger charge is 2.43. The maximum atomic E-state index is 13.5. The number of halogens is 5. The van der Waals surface area contributed by atoms with Crippen molar-refractivity contribution in [1.29, 1.82) is 0 Å². The molecule has 0 spiro atoms. The van der Waals surface area contributed by atoms with Gasteiger partial charge in [-0.1, -0.05) is 6.07 Å². The number of rotatable bonds is 7. The van der Waals surface area contributed by atoms with Crippen LogP contribution < -0.4 is 19.1 Å². The molecule has 1 aromatic heterocycles. The number of carbonyl (C=O) groups is 2. The number of nitrogens with zero attached hydrogens (tertiary/aromatic N) is 3. The van der Waals surface area contributed by atoms with Crippen molar-refractivity contribution in [1.82, 2.24) is 9.78 Å². The number of anilines is 1. The summed E-state index contributed by atoms with van der Waals surface area (Å²) in [5, 5.41) is 12.7. The van der Waals surface area contributed by atoms with E-state index >= 15 is 0 Å². The minimum Gasteiger partial charge on any atom is -0.487 e. The summed E-state index contributed by atoms with van der Waals surface area (Å²) in [5.74, 6) is -2.00. The summed E-state index contributed by atoms with van der Waals surface area (Å²) >= 11 is 0. The average molecular weight is 575 g/mol. The van der Waals surface area contributed by atoms with E-state index in [1.165, 1.54) is 73.8 Å². The standard InChI is InChI=1S/C27H18F5N3O6/c1-34(17-7-10-21-22(12-17)41-27(31,32)40-21)24(36)16-3-2-4-18(11-16)35-19(13-23(33-35)26(28,29)30)14-39-20-8-5-15(6-9-20)25(37)38/h2-13H,14H2,1H3,(H,37,38). The van der Waals surface area contributed by atoms with Crippen LogP contribution in [0.3, 0.4) is 0 Å². The molecule has 9 nitrogen and oxygen atoms in total. The Morgan fingerprint density at radius 1 is 0.976 bits per heavy atom. The Morgan fingerprint density at radius 3 is 2.37 bits per heavy atom. The third-order valence-electron chi connectivity index (χ3n) is 5.98. The summed E-state index contributed by atoms with van der Waals surface area (Å²) < 4.78 is 82.6. The molecule has 0 saturated heterocycles. The van der Waals surface area contributed by atoms with Gasteiger partial charge < -0.3 is 24.2 Å². The number of carboxylic acid groups (broad SMARTS) is 1. The molecule has 14 heteroatoms. The van der Waals surface area contributed by atoms with Gasteiger partial charge in [-0.15, -0.1) is 8.78 Å². The van der Waals surface area contributed by atoms with E-state index < -0.39 is 30.0 Å². The van der Waals surface area contributed by atoms with Crippen LogP contribution in [0.15, 0.2) is 72.8 Å². The second kappa shape index (κ2) is 10.1. The lowest BCUT2D eigenvalue weighted by atomic mass is 10.1. The smallest absolute Gasteiger partial charge is 0.487 e. The Balaban J connectivity index is 1.41. The molecule has 0 fully saturated rings. The number of ether oxygens (including phenoxy) is 3. The van der Waals surface area contributed by atoms with E-state index in [1.54, 1.807) is 0 Å². The van der Waals surface area contributed by atoms with Crippen LogP contribution in [0.4, 0.5) is 27.6 Å². The zero-order chi connectivity index (χ0) is 29.5. The predicted octanol–water partition coefficient (Wildman–Crippen LogP) is 5.77. The van der Waals surface area contributed by atoms with Crippen molar-refractivity contribution in [3.63, 3.8) is 0 Å². The Morgan fingerprint density at radius 2 is 1.68 bits per heavy atom. The highest BCUT2D eigenvalue weighted by atomic mass is 19.4. The maximum absolute atomic E-state index is 13.5. The van der Waals surface area contributed by atoms with Gasteiger partial charge in [0.05, 0.1) is 16.9 Å². The predicted molar refractivity (Wildman–Crippen MR) is 132 cm³/mol. The fraction of sp³-hybridized carbons (Fsp3) is 0.148. The summed E-state index contributed by atoms with van der Waals surface area (Å²) in [4.78, 5) is 25.4. The SMILES string of the molecule is CN(C(=O)c1cccc(-n2nc(C(F)(F)F)cc2COc2ccc(C(=O)O)cc2)c1)c1ccc2c(c1)OC(F)(F)O2. The molecule has 1 aliphatic heterocycles. The van der Waals surface area contributed by atoms with Gasteiger partial charge in [-0.3, -0.25) is 4.79 Å². The summed E-state index contributed by atoms with van der Waals surface area (Å²) in [5.41, 5.74) is -0.815. The summed E-state index contributed by atoms with van der Waals surface area (Å²) in [7, 11) is 1.38. The largest absolute Gasteiger partial charge is 0.586 e. The van der Waals surface area contributed by atoms with Crippen molar-refractivity contribution in [2.45, 2.75) is 19.1 Å². The fourth-order valence-electron chi connectivity index (χ4n) is 3.96. The van der Waals surface area contributed by atoms with E-state index in [2.05, 4.69) is 14.6 Å². The lowest BCUT2D eigenvalue weighted by Crippen LogP contribution is -2.26. The number of aromatic carboxylic acids is 1. The van der Waals surface area contributed by atoms with Gasteiger partial charge >= 0.3 is 18.4 Å². The van der Waals surface area contributed by atoms with E-state index in [4.69, 9.17) is 9.84 Å². The highest BCUT2D eigenvalue weighted by molar-refractivity contribution is 6.06. The quantitative estimate of drug-likeness (QED) is 0.279. The second-order valence-electron chi connectivity index (χ2n) is 8.76. The third kappa shape index (κ3) is 5.76. The Bertz CT molecular complexity index is 1640. The van der Waals surface area contributed by atoms with Crippen LogP contribution in [-0.4, -0.2) is 40.1 Å². The monoisotopic (exact) mass is 575 g/mol. The van der Waals surface area contributed by atoms with E-state index in [0.29, 0.717) is 0 Å². The van der Waals surface area contributed by atoms with Crippen LogP contribution in [-0.2, 0) is 12.8 Å². The van der Waals surface area contributed by atoms with Gasteiger partial charge in [0.2, 0.25) is 0 Å². The van der Waals surface area contributed by atoms with E-state index in [0.717, 1.165) is 15.6 Å². The zero-order valence-electron chi connectivity index (χ0n) is 20.9. The number of carboxylic acids is 1. The average Bonchev–Trinajstić information content (AvgIpc) is 3.50. The molecule has 0 atom stereocenters. The topological polar surface area (TPSA) is 103 Å². The number of benzene rings is 3. The molecule has 1 aliphatic rings. The van der Waals surface area contributed by atoms with Crippen molar-refractivity contribution in [2.75, 3.05) is 11.9 Å². The third-order valence-corrected chi connectivity index (χ3v) is 5.98. The molecule has 4 aromatic rings. The van der Waals surface area contributed by atoms with Crippen LogP contribution in [0.1, 0.15) is 32.1 Å². The van der Waals surface area contributed by atoms with Gasteiger partial charge in [-0.25, -0.2) is 9.48 Å². The van der Waals surface area contributed by atoms with Crippen LogP contribution in [0.25, 0.3) is 5.69 Å². The molecule has 5 rings (SSSR count). The molecule has 41 heavy (non-hydrogen) atoms. The number of hydrogen-bond donors (Lipinski definition) is 1. The van der Waals surface area contributed by atoms with Gasteiger partial charge in [0.25, 0.3) is 5.91 Å². The first-order chi connectivity index (χ1) is 19.3. The minimum atomic E-state index is -4.77. The molecular weight excluding hydrogens is 557 g/mol. The molecule has 212 valence electrons. The lowest BCUT2D eigenvalue weighted by molar-refractivity contribution is -0.286. The lowest BCUT2D eigenvalue weighted by Gasteiger charge is -2.18. The number of alkyl halides is 5. The molecule has 2 heterocycles. The molecule has 0 unspecified atom stereocenters. The number of carbonyl (C=O) groups excluding carboxylic acids is 1. The van der Waals surface area contributed by atoms with Gasteiger partial charge in [0.1, 0.15) is 12.4 Å². The number of amides is 1. The molecule has 0 saturated carbocycles. The number of fused-ring (bicyclic) bond motifs is 1. The van der Waals surface area contributed by atoms with E-state index in [9.17, 15) is 31.5 Å². The van der Waals surface area contributed by atoms with Crippen molar-refractivity contribution in [3.8, 4) is 22.9 Å². The Hall–Kier alpha value is -5.14.